The second-order valence-electron chi connectivity index (χ2n) is 8.36. The number of pyridine rings is 1. The lowest BCUT2D eigenvalue weighted by Gasteiger charge is -2.52. The zero-order chi connectivity index (χ0) is 20.6. The van der Waals surface area contributed by atoms with Gasteiger partial charge in [0.25, 0.3) is 0 Å². The van der Waals surface area contributed by atoms with Crippen LogP contribution in [0.1, 0.15) is 35.1 Å². The number of benzene rings is 1. The van der Waals surface area contributed by atoms with Gasteiger partial charge < -0.3 is 9.47 Å². The van der Waals surface area contributed by atoms with E-state index >= 15 is 0 Å². The first-order chi connectivity index (χ1) is 13.8. The minimum atomic E-state index is -3.50. The Bertz CT molecular complexity index is 979. The molecular formula is C22H28N2O4S. The molecule has 6 nitrogen and oxygen atoms in total. The van der Waals surface area contributed by atoms with E-state index in [1.165, 1.54) is 4.31 Å². The molecule has 29 heavy (non-hydrogen) atoms. The van der Waals surface area contributed by atoms with E-state index in [1.54, 1.807) is 18.3 Å². The molecule has 0 bridgehead atoms. The Labute approximate surface area is 172 Å². The van der Waals surface area contributed by atoms with Gasteiger partial charge in [-0.05, 0) is 67.6 Å². The number of ether oxygens (including phenoxy) is 2. The predicted molar refractivity (Wildman–Crippen MR) is 110 cm³/mol. The first-order valence-corrected chi connectivity index (χ1v) is 11.4. The summed E-state index contributed by atoms with van der Waals surface area (Å²) in [6, 6.07) is 7.42. The van der Waals surface area contributed by atoms with E-state index in [0.29, 0.717) is 37.6 Å². The minimum absolute atomic E-state index is 0.0643. The lowest BCUT2D eigenvalue weighted by molar-refractivity contribution is -0.180. The summed E-state index contributed by atoms with van der Waals surface area (Å²) < 4.78 is 39.7. The van der Waals surface area contributed by atoms with Crippen molar-refractivity contribution in [3.63, 3.8) is 0 Å². The van der Waals surface area contributed by atoms with Gasteiger partial charge in [0, 0.05) is 38.5 Å². The van der Waals surface area contributed by atoms with Crippen molar-refractivity contribution in [2.75, 3.05) is 19.7 Å². The van der Waals surface area contributed by atoms with Crippen LogP contribution >= 0.6 is 0 Å². The largest absolute Gasteiger partial charge is 0.373 e. The Hall–Kier alpha value is -1.80. The van der Waals surface area contributed by atoms with Crippen molar-refractivity contribution >= 4 is 10.0 Å². The van der Waals surface area contributed by atoms with Crippen molar-refractivity contribution in [2.24, 2.45) is 0 Å². The molecule has 0 radical (unpaired) electrons. The highest BCUT2D eigenvalue weighted by molar-refractivity contribution is 7.89. The van der Waals surface area contributed by atoms with Gasteiger partial charge in [-0.2, -0.15) is 4.31 Å². The number of hydrogen-bond donors (Lipinski definition) is 0. The van der Waals surface area contributed by atoms with Crippen LogP contribution in [0.4, 0.5) is 0 Å². The molecule has 1 spiro atoms. The van der Waals surface area contributed by atoms with Crippen molar-refractivity contribution in [3.8, 4) is 0 Å². The van der Waals surface area contributed by atoms with Crippen LogP contribution in [0.5, 0.6) is 0 Å². The molecule has 2 fully saturated rings. The van der Waals surface area contributed by atoms with Crippen LogP contribution in [0.25, 0.3) is 0 Å². The van der Waals surface area contributed by atoms with Crippen LogP contribution in [0, 0.1) is 20.8 Å². The fraction of sp³-hybridized carbons (Fsp3) is 0.500. The molecule has 0 saturated carbocycles. The molecule has 1 atom stereocenters. The second kappa shape index (κ2) is 7.80. The van der Waals surface area contributed by atoms with Crippen LogP contribution in [0.3, 0.4) is 0 Å². The van der Waals surface area contributed by atoms with E-state index in [2.05, 4.69) is 4.98 Å². The van der Waals surface area contributed by atoms with Crippen molar-refractivity contribution in [1.82, 2.24) is 9.29 Å². The highest BCUT2D eigenvalue weighted by Crippen LogP contribution is 2.38. The van der Waals surface area contributed by atoms with Crippen LogP contribution in [0.15, 0.2) is 41.6 Å². The van der Waals surface area contributed by atoms with Gasteiger partial charge in [0.1, 0.15) is 0 Å². The number of aryl methyl sites for hydroxylation is 3. The Kier molecular flexibility index (Phi) is 5.50. The third kappa shape index (κ3) is 4.23. The fourth-order valence-electron chi connectivity index (χ4n) is 4.20. The molecule has 0 N–H and O–H groups in total. The predicted octanol–water partition coefficient (Wildman–Crippen LogP) is 3.15. The number of aromatic nitrogens is 1. The molecule has 0 amide bonds. The molecule has 1 aromatic carbocycles. The maximum atomic E-state index is 13.0. The molecule has 2 aliphatic heterocycles. The van der Waals surface area contributed by atoms with Crippen LogP contribution in [-0.4, -0.2) is 49.1 Å². The summed E-state index contributed by atoms with van der Waals surface area (Å²) in [5.41, 5.74) is 3.72. The first kappa shape index (κ1) is 20.5. The van der Waals surface area contributed by atoms with Crippen LogP contribution in [-0.2, 0) is 26.1 Å². The Morgan fingerprint density at radius 2 is 1.93 bits per heavy atom. The maximum Gasteiger partial charge on any atom is 0.243 e. The standard InChI is InChI=1S/C22H28N2O4S/c1-16-8-17(2)10-21(9-16)29(25,26)24-14-22(15-24)11-20(5-7-28-22)27-13-19-12-23-6-4-18(19)3/h4,6,8-10,12,20H,5,7,11,13-15H2,1-3H3. The minimum Gasteiger partial charge on any atom is -0.373 e. The molecule has 0 aliphatic carbocycles. The fourth-order valence-corrected chi connectivity index (χ4v) is 5.98. The third-order valence-electron chi connectivity index (χ3n) is 5.83. The molecule has 1 aromatic heterocycles. The van der Waals surface area contributed by atoms with E-state index in [0.717, 1.165) is 28.7 Å². The topological polar surface area (TPSA) is 68.7 Å². The molecule has 2 saturated heterocycles. The number of nitrogens with zero attached hydrogens (tertiary/aromatic N) is 2. The zero-order valence-corrected chi connectivity index (χ0v) is 18.0. The maximum absolute atomic E-state index is 13.0. The zero-order valence-electron chi connectivity index (χ0n) is 17.2. The third-order valence-corrected chi connectivity index (χ3v) is 7.60. The highest BCUT2D eigenvalue weighted by Gasteiger charge is 2.52. The van der Waals surface area contributed by atoms with E-state index in [-0.39, 0.29) is 6.10 Å². The molecular weight excluding hydrogens is 388 g/mol. The smallest absolute Gasteiger partial charge is 0.243 e. The van der Waals surface area contributed by atoms with Crippen molar-refractivity contribution in [1.29, 1.82) is 0 Å². The van der Waals surface area contributed by atoms with E-state index in [1.807, 2.05) is 39.1 Å². The van der Waals surface area contributed by atoms with E-state index in [4.69, 9.17) is 9.47 Å². The Morgan fingerprint density at radius 1 is 1.21 bits per heavy atom. The van der Waals surface area contributed by atoms with Gasteiger partial charge in [0.2, 0.25) is 10.0 Å². The lowest BCUT2D eigenvalue weighted by Crippen LogP contribution is -2.67. The van der Waals surface area contributed by atoms with Gasteiger partial charge in [0.05, 0.1) is 23.2 Å². The van der Waals surface area contributed by atoms with Gasteiger partial charge in [0.15, 0.2) is 0 Å². The Balaban J connectivity index is 1.39. The molecule has 1 unspecified atom stereocenters. The van der Waals surface area contributed by atoms with Crippen molar-refractivity contribution < 1.29 is 17.9 Å². The van der Waals surface area contributed by atoms with Gasteiger partial charge >= 0.3 is 0 Å². The normalized spacial score (nSPS) is 21.8. The summed E-state index contributed by atoms with van der Waals surface area (Å²) in [5, 5.41) is 0. The summed E-state index contributed by atoms with van der Waals surface area (Å²) in [6.45, 7) is 7.76. The first-order valence-electron chi connectivity index (χ1n) is 10.0. The quantitative estimate of drug-likeness (QED) is 0.749. The molecule has 2 aliphatic rings. The summed E-state index contributed by atoms with van der Waals surface area (Å²) in [5.74, 6) is 0. The number of hydrogen-bond acceptors (Lipinski definition) is 5. The highest BCUT2D eigenvalue weighted by atomic mass is 32.2. The summed E-state index contributed by atoms with van der Waals surface area (Å²) in [6.07, 6.45) is 5.22. The van der Waals surface area contributed by atoms with E-state index < -0.39 is 15.6 Å². The molecule has 4 rings (SSSR count). The van der Waals surface area contributed by atoms with E-state index in [9.17, 15) is 8.42 Å². The molecule has 156 valence electrons. The van der Waals surface area contributed by atoms with Crippen LogP contribution in [0.2, 0.25) is 0 Å². The monoisotopic (exact) mass is 416 g/mol. The summed E-state index contributed by atoms with van der Waals surface area (Å²) in [7, 11) is -3.50. The molecule has 7 heteroatoms. The van der Waals surface area contributed by atoms with Gasteiger partial charge in [-0.15, -0.1) is 0 Å². The second-order valence-corrected chi connectivity index (χ2v) is 10.3. The van der Waals surface area contributed by atoms with Crippen molar-refractivity contribution in [2.45, 2.75) is 56.8 Å². The van der Waals surface area contributed by atoms with Crippen molar-refractivity contribution in [3.05, 3.63) is 58.9 Å². The lowest BCUT2D eigenvalue weighted by atomic mass is 9.86. The van der Waals surface area contributed by atoms with Gasteiger partial charge in [-0.25, -0.2) is 8.42 Å². The van der Waals surface area contributed by atoms with Crippen LogP contribution < -0.4 is 0 Å². The average Bonchev–Trinajstić information content (AvgIpc) is 2.65. The number of sulfonamides is 1. The average molecular weight is 417 g/mol. The SMILES string of the molecule is Cc1cc(C)cc(S(=O)(=O)N2CC3(CC(OCc4cnccc4C)CCO3)C2)c1. The Morgan fingerprint density at radius 3 is 2.62 bits per heavy atom. The number of rotatable bonds is 5. The molecule has 3 heterocycles. The summed E-state index contributed by atoms with van der Waals surface area (Å²) in [4.78, 5) is 4.53. The van der Waals surface area contributed by atoms with Gasteiger partial charge in [-0.3, -0.25) is 4.98 Å². The summed E-state index contributed by atoms with van der Waals surface area (Å²) >= 11 is 0. The van der Waals surface area contributed by atoms with Gasteiger partial charge in [-0.1, -0.05) is 6.07 Å². The molecule has 2 aromatic rings.